The van der Waals surface area contributed by atoms with E-state index in [1.165, 1.54) is 19.4 Å². The van der Waals surface area contributed by atoms with Gasteiger partial charge in [-0.2, -0.15) is 0 Å². The van der Waals surface area contributed by atoms with Crippen molar-refractivity contribution >= 4 is 22.6 Å². The van der Waals surface area contributed by atoms with Gasteiger partial charge in [-0.05, 0) is 49.6 Å². The van der Waals surface area contributed by atoms with Crippen molar-refractivity contribution in [2.24, 2.45) is 17.1 Å². The van der Waals surface area contributed by atoms with E-state index >= 15 is 4.39 Å². The molecule has 2 heterocycles. The van der Waals surface area contributed by atoms with Gasteiger partial charge in [0.2, 0.25) is 5.43 Å². The molecule has 3 fully saturated rings. The first-order valence-electron chi connectivity index (χ1n) is 10.0. The Morgan fingerprint density at radius 1 is 1.41 bits per heavy atom. The second-order valence-corrected chi connectivity index (χ2v) is 8.63. The number of methoxy groups -OCH3 is 1. The van der Waals surface area contributed by atoms with E-state index in [2.05, 4.69) is 0 Å². The molecule has 1 spiro atoms. The van der Waals surface area contributed by atoms with E-state index in [4.69, 9.17) is 10.5 Å². The van der Waals surface area contributed by atoms with Crippen molar-refractivity contribution in [2.45, 2.75) is 31.7 Å². The van der Waals surface area contributed by atoms with Crippen LogP contribution in [0.3, 0.4) is 0 Å². The molecule has 8 heteroatoms. The van der Waals surface area contributed by atoms with Gasteiger partial charge in [0, 0.05) is 25.3 Å². The lowest BCUT2D eigenvalue weighted by atomic mass is 9.93. The number of benzene rings is 1. The van der Waals surface area contributed by atoms with Gasteiger partial charge in [0.05, 0.1) is 18.0 Å². The minimum atomic E-state index is -1.31. The standard InChI is InChI=1S/C21H24FN3O4/c1-29-19-16-13(18(26)14(20(27)28)9-25(16)12-2-3-12)6-15(22)17(19)24-8-11(7-23)21(10-24)4-5-21/h6,9,11-12H,2-5,7-8,10,23H2,1H3,(H,27,28). The molecule has 1 saturated heterocycles. The lowest BCUT2D eigenvalue weighted by Crippen LogP contribution is -2.25. The van der Waals surface area contributed by atoms with Crippen molar-refractivity contribution in [1.82, 2.24) is 4.57 Å². The van der Waals surface area contributed by atoms with E-state index in [1.807, 2.05) is 4.90 Å². The molecule has 29 heavy (non-hydrogen) atoms. The van der Waals surface area contributed by atoms with Crippen LogP contribution in [0.4, 0.5) is 10.1 Å². The van der Waals surface area contributed by atoms with Crippen LogP contribution >= 0.6 is 0 Å². The Morgan fingerprint density at radius 3 is 2.66 bits per heavy atom. The first-order chi connectivity index (χ1) is 13.9. The largest absolute Gasteiger partial charge is 0.492 e. The number of pyridine rings is 1. The summed E-state index contributed by atoms with van der Waals surface area (Å²) in [6.07, 6.45) is 5.34. The maximum Gasteiger partial charge on any atom is 0.341 e. The Hall–Kier alpha value is -2.61. The number of carboxylic acid groups (broad SMARTS) is 1. The van der Waals surface area contributed by atoms with Crippen molar-refractivity contribution in [3.63, 3.8) is 0 Å². The summed E-state index contributed by atoms with van der Waals surface area (Å²) >= 11 is 0. The molecule has 2 saturated carbocycles. The van der Waals surface area contributed by atoms with Crippen molar-refractivity contribution in [2.75, 3.05) is 31.6 Å². The number of nitrogens with zero attached hydrogens (tertiary/aromatic N) is 2. The third-order valence-corrected chi connectivity index (χ3v) is 6.88. The summed E-state index contributed by atoms with van der Waals surface area (Å²) in [6.45, 7) is 1.92. The number of nitrogens with two attached hydrogens (primary N) is 1. The molecule has 1 aliphatic heterocycles. The molecular formula is C21H24FN3O4. The number of carbonyl (C=O) groups is 1. The van der Waals surface area contributed by atoms with E-state index in [0.717, 1.165) is 25.7 Å². The van der Waals surface area contributed by atoms with E-state index in [-0.39, 0.29) is 22.4 Å². The molecule has 1 aromatic heterocycles. The first kappa shape index (κ1) is 18.4. The van der Waals surface area contributed by atoms with Crippen LogP contribution in [-0.4, -0.2) is 42.4 Å². The van der Waals surface area contributed by atoms with Gasteiger partial charge in [0.1, 0.15) is 11.3 Å². The normalized spacial score (nSPS) is 22.4. The highest BCUT2D eigenvalue weighted by Crippen LogP contribution is 2.57. The average Bonchev–Trinajstić information content (AvgIpc) is 3.60. The second-order valence-electron chi connectivity index (χ2n) is 8.63. The smallest absolute Gasteiger partial charge is 0.341 e. The third kappa shape index (κ3) is 2.65. The lowest BCUT2D eigenvalue weighted by Gasteiger charge is -2.25. The van der Waals surface area contributed by atoms with E-state index in [9.17, 15) is 14.7 Å². The molecule has 0 amide bonds. The van der Waals surface area contributed by atoms with Gasteiger partial charge >= 0.3 is 5.97 Å². The number of halogens is 1. The van der Waals surface area contributed by atoms with Crippen molar-refractivity contribution in [3.05, 3.63) is 33.9 Å². The molecule has 3 N–H and O–H groups in total. The van der Waals surface area contributed by atoms with Gasteiger partial charge in [-0.15, -0.1) is 0 Å². The van der Waals surface area contributed by atoms with E-state index in [1.54, 1.807) is 4.57 Å². The fraction of sp³-hybridized carbons (Fsp3) is 0.524. The molecule has 154 valence electrons. The number of aromatic carboxylic acids is 1. The SMILES string of the molecule is COc1c(N2CC(CN)C3(CC3)C2)c(F)cc2c(=O)c(C(=O)O)cn(C3CC3)c12. The quantitative estimate of drug-likeness (QED) is 0.798. The fourth-order valence-electron chi connectivity index (χ4n) is 4.98. The van der Waals surface area contributed by atoms with Crippen LogP contribution in [0.1, 0.15) is 42.1 Å². The number of fused-ring (bicyclic) bond motifs is 1. The zero-order valence-electron chi connectivity index (χ0n) is 16.3. The summed E-state index contributed by atoms with van der Waals surface area (Å²) in [4.78, 5) is 26.3. The average molecular weight is 401 g/mol. The highest BCUT2D eigenvalue weighted by Gasteiger charge is 2.55. The molecule has 3 aliphatic rings. The molecule has 5 rings (SSSR count). The van der Waals surface area contributed by atoms with Crippen LogP contribution in [0.5, 0.6) is 5.75 Å². The lowest BCUT2D eigenvalue weighted by molar-refractivity contribution is 0.0695. The Labute approximate surface area is 166 Å². The van der Waals surface area contributed by atoms with Crippen LogP contribution < -0.4 is 20.8 Å². The summed E-state index contributed by atoms with van der Waals surface area (Å²) in [6, 6.07) is 1.27. The van der Waals surface area contributed by atoms with Crippen LogP contribution in [0, 0.1) is 17.2 Å². The number of ether oxygens (including phenoxy) is 1. The van der Waals surface area contributed by atoms with Crippen LogP contribution in [0.25, 0.3) is 10.9 Å². The Balaban J connectivity index is 1.75. The number of anilines is 1. The number of hydrogen-bond acceptors (Lipinski definition) is 5. The van der Waals surface area contributed by atoms with Crippen LogP contribution in [-0.2, 0) is 0 Å². The molecule has 0 bridgehead atoms. The van der Waals surface area contributed by atoms with E-state index in [0.29, 0.717) is 42.5 Å². The minimum Gasteiger partial charge on any atom is -0.492 e. The summed E-state index contributed by atoms with van der Waals surface area (Å²) in [7, 11) is 1.47. The summed E-state index contributed by atoms with van der Waals surface area (Å²) in [5.74, 6) is -1.27. The maximum atomic E-state index is 15.3. The molecule has 2 aliphatic carbocycles. The predicted octanol–water partition coefficient (Wildman–Crippen LogP) is 2.36. The number of carboxylic acids is 1. The Morgan fingerprint density at radius 2 is 2.14 bits per heavy atom. The van der Waals surface area contributed by atoms with Crippen molar-refractivity contribution in [1.29, 1.82) is 0 Å². The Kier molecular flexibility index (Phi) is 3.93. The predicted molar refractivity (Wildman–Crippen MR) is 106 cm³/mol. The molecule has 1 aromatic carbocycles. The monoisotopic (exact) mass is 401 g/mol. The van der Waals surface area contributed by atoms with Crippen LogP contribution in [0.2, 0.25) is 0 Å². The molecule has 0 radical (unpaired) electrons. The highest BCUT2D eigenvalue weighted by molar-refractivity contribution is 5.97. The van der Waals surface area contributed by atoms with Crippen molar-refractivity contribution < 1.29 is 19.0 Å². The summed E-state index contributed by atoms with van der Waals surface area (Å²) < 4.78 is 22.8. The zero-order valence-corrected chi connectivity index (χ0v) is 16.3. The topological polar surface area (TPSA) is 97.8 Å². The summed E-state index contributed by atoms with van der Waals surface area (Å²) in [5, 5.41) is 9.48. The molecule has 1 atom stereocenters. The zero-order chi connectivity index (χ0) is 20.5. The van der Waals surface area contributed by atoms with E-state index < -0.39 is 17.2 Å². The molecule has 2 aromatic rings. The van der Waals surface area contributed by atoms with Crippen molar-refractivity contribution in [3.8, 4) is 5.75 Å². The Bertz CT molecular complexity index is 1090. The van der Waals surface area contributed by atoms with Crippen LogP contribution in [0.15, 0.2) is 17.1 Å². The maximum absolute atomic E-state index is 15.3. The number of aromatic nitrogens is 1. The van der Waals surface area contributed by atoms with Gasteiger partial charge in [-0.3, -0.25) is 4.79 Å². The van der Waals surface area contributed by atoms with Gasteiger partial charge in [-0.1, -0.05) is 0 Å². The third-order valence-electron chi connectivity index (χ3n) is 6.88. The van der Waals surface area contributed by atoms with Gasteiger partial charge in [0.25, 0.3) is 0 Å². The van der Waals surface area contributed by atoms with Gasteiger partial charge in [0.15, 0.2) is 11.6 Å². The fourth-order valence-corrected chi connectivity index (χ4v) is 4.98. The molecule has 7 nitrogen and oxygen atoms in total. The summed E-state index contributed by atoms with van der Waals surface area (Å²) in [5.41, 5.74) is 5.92. The number of rotatable bonds is 5. The molecule has 1 unspecified atom stereocenters. The first-order valence-corrected chi connectivity index (χ1v) is 10.0. The minimum absolute atomic E-state index is 0.0469. The number of hydrogen-bond donors (Lipinski definition) is 2. The second kappa shape index (κ2) is 6.19. The highest BCUT2D eigenvalue weighted by atomic mass is 19.1. The van der Waals surface area contributed by atoms with Gasteiger partial charge < -0.3 is 25.0 Å². The van der Waals surface area contributed by atoms with Gasteiger partial charge in [-0.25, -0.2) is 9.18 Å². The molecular weight excluding hydrogens is 377 g/mol.